The lowest BCUT2D eigenvalue weighted by atomic mass is 9.93. The number of ether oxygens (including phenoxy) is 1. The highest BCUT2D eigenvalue weighted by Crippen LogP contribution is 2.24. The summed E-state index contributed by atoms with van der Waals surface area (Å²) in [6.07, 6.45) is 0.791. The van der Waals surface area contributed by atoms with Crippen molar-refractivity contribution in [3.8, 4) is 0 Å². The molecule has 18 heavy (non-hydrogen) atoms. The fraction of sp³-hybridized carbons (Fsp3) is 0.500. The fourth-order valence-corrected chi connectivity index (χ4v) is 2.33. The van der Waals surface area contributed by atoms with Gasteiger partial charge >= 0.3 is 0 Å². The van der Waals surface area contributed by atoms with Gasteiger partial charge in [0.2, 0.25) is 5.91 Å². The van der Waals surface area contributed by atoms with Crippen molar-refractivity contribution in [2.75, 3.05) is 19.1 Å². The zero-order valence-corrected chi connectivity index (χ0v) is 11.2. The van der Waals surface area contributed by atoms with Crippen molar-refractivity contribution in [2.45, 2.75) is 18.9 Å². The first kappa shape index (κ1) is 13.4. The van der Waals surface area contributed by atoms with Gasteiger partial charge in [0, 0.05) is 12.5 Å². The van der Waals surface area contributed by atoms with E-state index in [-0.39, 0.29) is 11.8 Å². The molecule has 1 aromatic rings. The Morgan fingerprint density at radius 2 is 2.22 bits per heavy atom. The van der Waals surface area contributed by atoms with Crippen LogP contribution in [0.5, 0.6) is 0 Å². The number of amides is 1. The standard InChI is InChI=1S/C14H18ClNO2/c1-14(10-15,12-5-3-2-4-6-12)16-13(17)11-7-8-18-9-11/h2-6,11H,7-10H2,1H3,(H,16,17). The van der Waals surface area contributed by atoms with Crippen LogP contribution in [0.4, 0.5) is 0 Å². The van der Waals surface area contributed by atoms with Crippen molar-refractivity contribution >= 4 is 17.5 Å². The number of halogens is 1. The zero-order chi connectivity index (χ0) is 13.0. The van der Waals surface area contributed by atoms with Crippen molar-refractivity contribution in [1.29, 1.82) is 0 Å². The Hall–Kier alpha value is -1.06. The highest BCUT2D eigenvalue weighted by molar-refractivity contribution is 6.18. The third kappa shape index (κ3) is 2.85. The quantitative estimate of drug-likeness (QED) is 0.850. The van der Waals surface area contributed by atoms with Gasteiger partial charge in [0.25, 0.3) is 0 Å². The molecule has 1 aliphatic rings. The Morgan fingerprint density at radius 1 is 1.50 bits per heavy atom. The molecule has 1 heterocycles. The monoisotopic (exact) mass is 267 g/mol. The first-order chi connectivity index (χ1) is 8.65. The first-order valence-corrected chi connectivity index (χ1v) is 6.70. The number of hydrogen-bond acceptors (Lipinski definition) is 2. The number of nitrogens with one attached hydrogen (secondary N) is 1. The van der Waals surface area contributed by atoms with Gasteiger partial charge in [-0.05, 0) is 18.9 Å². The second kappa shape index (κ2) is 5.72. The number of benzene rings is 1. The lowest BCUT2D eigenvalue weighted by molar-refractivity contribution is -0.126. The average molecular weight is 268 g/mol. The third-order valence-corrected chi connectivity index (χ3v) is 3.91. The lowest BCUT2D eigenvalue weighted by Crippen LogP contribution is -2.47. The molecule has 2 unspecified atom stereocenters. The Kier molecular flexibility index (Phi) is 4.25. The Balaban J connectivity index is 2.10. The van der Waals surface area contributed by atoms with Crippen molar-refractivity contribution < 1.29 is 9.53 Å². The van der Waals surface area contributed by atoms with E-state index in [0.717, 1.165) is 12.0 Å². The van der Waals surface area contributed by atoms with Crippen LogP contribution in [0.1, 0.15) is 18.9 Å². The minimum Gasteiger partial charge on any atom is -0.381 e. The van der Waals surface area contributed by atoms with Crippen LogP contribution in [0.15, 0.2) is 30.3 Å². The molecule has 1 fully saturated rings. The van der Waals surface area contributed by atoms with Crippen molar-refractivity contribution in [3.63, 3.8) is 0 Å². The van der Waals surface area contributed by atoms with Crippen LogP contribution < -0.4 is 5.32 Å². The summed E-state index contributed by atoms with van der Waals surface area (Å²) in [6, 6.07) is 9.81. The molecule has 0 aliphatic carbocycles. The SMILES string of the molecule is CC(CCl)(NC(=O)C1CCOC1)c1ccccc1. The molecule has 3 nitrogen and oxygen atoms in total. The summed E-state index contributed by atoms with van der Waals surface area (Å²) >= 11 is 6.05. The van der Waals surface area contributed by atoms with Gasteiger partial charge in [-0.1, -0.05) is 30.3 Å². The largest absolute Gasteiger partial charge is 0.381 e. The van der Waals surface area contributed by atoms with E-state index in [1.54, 1.807) is 0 Å². The summed E-state index contributed by atoms with van der Waals surface area (Å²) in [5.74, 6) is 0.326. The summed E-state index contributed by atoms with van der Waals surface area (Å²) in [7, 11) is 0. The Labute approximate surface area is 112 Å². The summed E-state index contributed by atoms with van der Waals surface area (Å²) in [5, 5.41) is 3.05. The van der Waals surface area contributed by atoms with E-state index in [9.17, 15) is 4.79 Å². The highest BCUT2D eigenvalue weighted by Gasteiger charge is 2.32. The van der Waals surface area contributed by atoms with Gasteiger partial charge in [-0.25, -0.2) is 0 Å². The molecule has 0 aromatic heterocycles. The summed E-state index contributed by atoms with van der Waals surface area (Å²) in [5.41, 5.74) is 0.495. The molecule has 0 radical (unpaired) electrons. The predicted molar refractivity (Wildman–Crippen MR) is 71.6 cm³/mol. The van der Waals surface area contributed by atoms with Gasteiger partial charge in [0.1, 0.15) is 0 Å². The van der Waals surface area contributed by atoms with Gasteiger partial charge in [-0.2, -0.15) is 0 Å². The van der Waals surface area contributed by atoms with E-state index in [1.165, 1.54) is 0 Å². The minimum absolute atomic E-state index is 0.0273. The van der Waals surface area contributed by atoms with Gasteiger partial charge < -0.3 is 10.1 Å². The van der Waals surface area contributed by atoms with E-state index < -0.39 is 5.54 Å². The Bertz CT molecular complexity index is 404. The fourth-order valence-electron chi connectivity index (χ4n) is 2.10. The van der Waals surface area contributed by atoms with Crippen molar-refractivity contribution in [2.24, 2.45) is 5.92 Å². The van der Waals surface area contributed by atoms with E-state index in [0.29, 0.717) is 19.1 Å². The summed E-state index contributed by atoms with van der Waals surface area (Å²) in [4.78, 5) is 12.1. The molecule has 1 aromatic carbocycles. The Morgan fingerprint density at radius 3 is 2.78 bits per heavy atom. The molecule has 4 heteroatoms. The topological polar surface area (TPSA) is 38.3 Å². The average Bonchev–Trinajstić information content (AvgIpc) is 2.93. The van der Waals surface area contributed by atoms with Crippen LogP contribution in [-0.4, -0.2) is 25.0 Å². The lowest BCUT2D eigenvalue weighted by Gasteiger charge is -2.30. The van der Waals surface area contributed by atoms with E-state index in [2.05, 4.69) is 5.32 Å². The smallest absolute Gasteiger partial charge is 0.226 e. The molecule has 1 amide bonds. The van der Waals surface area contributed by atoms with Gasteiger partial charge in [0.15, 0.2) is 0 Å². The molecule has 1 aliphatic heterocycles. The predicted octanol–water partition coefficient (Wildman–Crippen LogP) is 2.29. The van der Waals surface area contributed by atoms with Gasteiger partial charge in [-0.3, -0.25) is 4.79 Å². The van der Waals surface area contributed by atoms with Gasteiger partial charge in [0.05, 0.1) is 18.1 Å². The highest BCUT2D eigenvalue weighted by atomic mass is 35.5. The molecule has 0 spiro atoms. The van der Waals surface area contributed by atoms with Gasteiger partial charge in [-0.15, -0.1) is 11.6 Å². The molecular weight excluding hydrogens is 250 g/mol. The maximum atomic E-state index is 12.1. The molecule has 0 bridgehead atoms. The van der Waals surface area contributed by atoms with Crippen LogP contribution in [0.25, 0.3) is 0 Å². The zero-order valence-electron chi connectivity index (χ0n) is 10.5. The molecular formula is C14H18ClNO2. The summed E-state index contributed by atoms with van der Waals surface area (Å²) in [6.45, 7) is 3.13. The van der Waals surface area contributed by atoms with Crippen LogP contribution in [0.2, 0.25) is 0 Å². The number of alkyl halides is 1. The molecule has 98 valence electrons. The normalized spacial score (nSPS) is 22.4. The first-order valence-electron chi connectivity index (χ1n) is 6.17. The van der Waals surface area contributed by atoms with Crippen LogP contribution in [-0.2, 0) is 15.1 Å². The maximum Gasteiger partial charge on any atom is 0.226 e. The third-order valence-electron chi connectivity index (χ3n) is 3.38. The maximum absolute atomic E-state index is 12.1. The van der Waals surface area contributed by atoms with E-state index in [4.69, 9.17) is 16.3 Å². The summed E-state index contributed by atoms with van der Waals surface area (Å²) < 4.78 is 5.24. The van der Waals surface area contributed by atoms with Crippen molar-refractivity contribution in [3.05, 3.63) is 35.9 Å². The van der Waals surface area contributed by atoms with Crippen LogP contribution in [0, 0.1) is 5.92 Å². The van der Waals surface area contributed by atoms with E-state index in [1.807, 2.05) is 37.3 Å². The van der Waals surface area contributed by atoms with E-state index >= 15 is 0 Å². The number of hydrogen-bond donors (Lipinski definition) is 1. The molecule has 1 N–H and O–H groups in total. The molecule has 2 rings (SSSR count). The second-order valence-electron chi connectivity index (χ2n) is 4.88. The molecule has 1 saturated heterocycles. The van der Waals surface area contributed by atoms with Crippen molar-refractivity contribution in [1.82, 2.24) is 5.32 Å². The molecule has 0 saturated carbocycles. The van der Waals surface area contributed by atoms with Crippen LogP contribution >= 0.6 is 11.6 Å². The minimum atomic E-state index is -0.525. The number of carbonyl (C=O) groups excluding carboxylic acids is 1. The van der Waals surface area contributed by atoms with Crippen LogP contribution in [0.3, 0.4) is 0 Å². The number of rotatable bonds is 4. The number of carbonyl (C=O) groups is 1. The molecule has 2 atom stereocenters. The second-order valence-corrected chi connectivity index (χ2v) is 5.15.